The molecule has 7 aromatic carbocycles. The van der Waals surface area contributed by atoms with E-state index in [0.717, 1.165) is 55.4 Å². The lowest BCUT2D eigenvalue weighted by molar-refractivity contribution is 0.666. The molecule has 0 bridgehead atoms. The van der Waals surface area contributed by atoms with Gasteiger partial charge in [0.1, 0.15) is 5.58 Å². The molecule has 0 saturated carbocycles. The smallest absolute Gasteiger partial charge is 0.165 e. The molecule has 0 atom stereocenters. The number of aromatic nitrogens is 4. The monoisotopic (exact) mass is 684 g/mol. The maximum absolute atomic E-state index is 6.93. The van der Waals surface area contributed by atoms with Gasteiger partial charge in [0, 0.05) is 53.7 Å². The van der Waals surface area contributed by atoms with Crippen molar-refractivity contribution in [3.05, 3.63) is 157 Å². The summed E-state index contributed by atoms with van der Waals surface area (Å²) in [5, 5.41) is 6.98. The van der Waals surface area contributed by atoms with E-state index in [1.165, 1.54) is 36.5 Å². The van der Waals surface area contributed by atoms with Crippen LogP contribution < -0.4 is 0 Å². The molecule has 0 aliphatic rings. The molecule has 0 radical (unpaired) electrons. The second kappa shape index (κ2) is 11.2. The summed E-state index contributed by atoms with van der Waals surface area (Å²) in [5.74, 6) is 1.87. The van der Waals surface area contributed by atoms with Crippen LogP contribution in [0.1, 0.15) is 5.56 Å². The molecule has 0 N–H and O–H groups in total. The van der Waals surface area contributed by atoms with Gasteiger partial charge in [0.25, 0.3) is 0 Å². The molecule has 4 aromatic heterocycles. The minimum Gasteiger partial charge on any atom is -0.454 e. The molecule has 0 aliphatic carbocycles. The second-order valence-electron chi connectivity index (χ2n) is 13.2. The van der Waals surface area contributed by atoms with Crippen LogP contribution in [0.25, 0.3) is 104 Å². The number of furan rings is 1. The molecule has 52 heavy (non-hydrogen) atoms. The first-order valence-electron chi connectivity index (χ1n) is 17.4. The normalized spacial score (nSPS) is 11.9. The zero-order chi connectivity index (χ0) is 34.3. The van der Waals surface area contributed by atoms with E-state index in [9.17, 15) is 0 Å². The van der Waals surface area contributed by atoms with Crippen LogP contribution in [0.5, 0.6) is 0 Å². The van der Waals surface area contributed by atoms with Crippen LogP contribution in [0, 0.1) is 6.92 Å². The van der Waals surface area contributed by atoms with E-state index in [4.69, 9.17) is 19.4 Å². The maximum Gasteiger partial charge on any atom is 0.165 e. The molecule has 0 fully saturated rings. The van der Waals surface area contributed by atoms with Crippen molar-refractivity contribution in [2.24, 2.45) is 0 Å². The molecule has 11 aromatic rings. The first-order chi connectivity index (χ1) is 25.7. The van der Waals surface area contributed by atoms with Crippen molar-refractivity contribution in [2.45, 2.75) is 6.92 Å². The Hall–Kier alpha value is -6.63. The summed E-state index contributed by atoms with van der Waals surface area (Å²) in [5.41, 5.74) is 8.78. The summed E-state index contributed by atoms with van der Waals surface area (Å²) in [4.78, 5) is 15.4. The topological polar surface area (TPSA) is 56.7 Å². The molecule has 5 nitrogen and oxygen atoms in total. The standard InChI is InChI=1S/C46H28N4OS/c1-27-26-36(50-35-21-11-8-18-30(35)32-24-25-33-31-19-10-13-23-38(31)52-43(33)41(32)50)42-40(34-20-9-12-22-37(34)51-42)39(27)46-48-44(28-14-4-2-5-15-28)47-45(49-46)29-16-6-3-7-17-29/h2-26H,1H3. The number of thiophene rings is 1. The van der Waals surface area contributed by atoms with E-state index >= 15 is 0 Å². The van der Waals surface area contributed by atoms with E-state index < -0.39 is 0 Å². The molecule has 244 valence electrons. The minimum absolute atomic E-state index is 0.613. The molecular weight excluding hydrogens is 657 g/mol. The number of rotatable bonds is 4. The Morgan fingerprint density at radius 1 is 0.538 bits per heavy atom. The van der Waals surface area contributed by atoms with Gasteiger partial charge in [0.05, 0.1) is 21.4 Å². The van der Waals surface area contributed by atoms with Crippen LogP contribution in [-0.4, -0.2) is 19.5 Å². The van der Waals surface area contributed by atoms with Gasteiger partial charge in [0.15, 0.2) is 23.1 Å². The Bertz CT molecular complexity index is 3140. The zero-order valence-corrected chi connectivity index (χ0v) is 28.9. The fourth-order valence-corrected chi connectivity index (χ4v) is 9.11. The summed E-state index contributed by atoms with van der Waals surface area (Å²) in [6, 6.07) is 52.8. The minimum atomic E-state index is 0.613. The van der Waals surface area contributed by atoms with Crippen LogP contribution in [-0.2, 0) is 0 Å². The highest BCUT2D eigenvalue weighted by molar-refractivity contribution is 7.26. The van der Waals surface area contributed by atoms with Crippen LogP contribution >= 0.6 is 11.3 Å². The quantitative estimate of drug-likeness (QED) is 0.185. The second-order valence-corrected chi connectivity index (χ2v) is 14.3. The SMILES string of the molecule is Cc1cc(-n2c3ccccc3c3ccc4c5ccccc5sc4c32)c2oc3ccccc3c2c1-c1nc(-c2ccccc2)nc(-c2ccccc2)n1. The zero-order valence-electron chi connectivity index (χ0n) is 28.0. The fourth-order valence-electron chi connectivity index (χ4n) is 7.87. The van der Waals surface area contributed by atoms with Gasteiger partial charge in [-0.15, -0.1) is 11.3 Å². The van der Waals surface area contributed by atoms with Crippen molar-refractivity contribution >= 4 is 75.3 Å². The highest BCUT2D eigenvalue weighted by Crippen LogP contribution is 2.47. The van der Waals surface area contributed by atoms with Gasteiger partial charge in [-0.25, -0.2) is 15.0 Å². The summed E-state index contributed by atoms with van der Waals surface area (Å²) < 4.78 is 11.9. The third-order valence-electron chi connectivity index (χ3n) is 10.2. The first-order valence-corrected chi connectivity index (χ1v) is 18.2. The number of aryl methyl sites for hydroxylation is 1. The van der Waals surface area contributed by atoms with Crippen molar-refractivity contribution in [3.8, 4) is 39.9 Å². The molecule has 11 rings (SSSR count). The van der Waals surface area contributed by atoms with Gasteiger partial charge in [-0.05, 0) is 36.8 Å². The highest BCUT2D eigenvalue weighted by atomic mass is 32.1. The number of nitrogens with zero attached hydrogens (tertiary/aromatic N) is 4. The average Bonchev–Trinajstić information content (AvgIpc) is 3.88. The van der Waals surface area contributed by atoms with Crippen molar-refractivity contribution in [1.29, 1.82) is 0 Å². The molecule has 0 aliphatic heterocycles. The molecule has 6 heteroatoms. The number of hydrogen-bond acceptors (Lipinski definition) is 5. The fraction of sp³-hybridized carbons (Fsp3) is 0.0217. The van der Waals surface area contributed by atoms with Crippen LogP contribution in [0.4, 0.5) is 0 Å². The van der Waals surface area contributed by atoms with Gasteiger partial charge < -0.3 is 8.98 Å². The molecule has 4 heterocycles. The maximum atomic E-state index is 6.93. The van der Waals surface area contributed by atoms with Crippen LogP contribution in [0.15, 0.2) is 156 Å². The summed E-state index contributed by atoms with van der Waals surface area (Å²) in [6.45, 7) is 2.16. The first kappa shape index (κ1) is 29.1. The van der Waals surface area contributed by atoms with Crippen molar-refractivity contribution < 1.29 is 4.42 Å². The number of benzene rings is 7. The van der Waals surface area contributed by atoms with Crippen LogP contribution in [0.3, 0.4) is 0 Å². The summed E-state index contributed by atoms with van der Waals surface area (Å²) in [7, 11) is 0. The predicted molar refractivity (Wildman–Crippen MR) is 215 cm³/mol. The third-order valence-corrected chi connectivity index (χ3v) is 11.4. The lowest BCUT2D eigenvalue weighted by Crippen LogP contribution is -2.03. The Labute approximate surface area is 302 Å². The Morgan fingerprint density at radius 2 is 1.13 bits per heavy atom. The summed E-state index contributed by atoms with van der Waals surface area (Å²) in [6.07, 6.45) is 0. The van der Waals surface area contributed by atoms with E-state index in [1.54, 1.807) is 0 Å². The van der Waals surface area contributed by atoms with Crippen molar-refractivity contribution in [3.63, 3.8) is 0 Å². The van der Waals surface area contributed by atoms with E-state index in [0.29, 0.717) is 17.5 Å². The van der Waals surface area contributed by atoms with Gasteiger partial charge >= 0.3 is 0 Å². The molecule has 0 unspecified atom stereocenters. The van der Waals surface area contributed by atoms with E-state index in [2.05, 4.69) is 90.4 Å². The summed E-state index contributed by atoms with van der Waals surface area (Å²) >= 11 is 1.85. The van der Waals surface area contributed by atoms with Gasteiger partial charge in [-0.3, -0.25) is 0 Å². The largest absolute Gasteiger partial charge is 0.454 e. The van der Waals surface area contributed by atoms with Crippen LogP contribution in [0.2, 0.25) is 0 Å². The molecule has 0 saturated heterocycles. The Morgan fingerprint density at radius 3 is 1.88 bits per heavy atom. The lowest BCUT2D eigenvalue weighted by atomic mass is 9.99. The number of fused-ring (bicyclic) bond motifs is 10. The Balaban J connectivity index is 1.27. The highest BCUT2D eigenvalue weighted by Gasteiger charge is 2.26. The molecular formula is C46H28N4OS. The number of para-hydroxylation sites is 2. The van der Waals surface area contributed by atoms with E-state index in [1.807, 2.05) is 84.1 Å². The van der Waals surface area contributed by atoms with Crippen molar-refractivity contribution in [2.75, 3.05) is 0 Å². The van der Waals surface area contributed by atoms with Crippen molar-refractivity contribution in [1.82, 2.24) is 19.5 Å². The number of hydrogen-bond donors (Lipinski definition) is 0. The van der Waals surface area contributed by atoms with Gasteiger partial charge in [0.2, 0.25) is 0 Å². The lowest BCUT2D eigenvalue weighted by Gasteiger charge is -2.15. The van der Waals surface area contributed by atoms with E-state index in [-0.39, 0.29) is 0 Å². The third kappa shape index (κ3) is 4.25. The average molecular weight is 685 g/mol. The Kier molecular flexibility index (Phi) is 6.27. The van der Waals surface area contributed by atoms with Gasteiger partial charge in [-0.1, -0.05) is 127 Å². The predicted octanol–water partition coefficient (Wildman–Crippen LogP) is 12.5. The molecule has 0 spiro atoms. The molecule has 0 amide bonds. The van der Waals surface area contributed by atoms with Gasteiger partial charge in [-0.2, -0.15) is 0 Å².